The van der Waals surface area contributed by atoms with E-state index in [1.165, 1.54) is 0 Å². The molecule has 5 heteroatoms. The highest BCUT2D eigenvalue weighted by atomic mass is 32.2. The van der Waals surface area contributed by atoms with Gasteiger partial charge in [-0.1, -0.05) is 11.8 Å². The van der Waals surface area contributed by atoms with Gasteiger partial charge in [0.25, 0.3) is 0 Å². The average molecular weight is 256 g/mol. The molecule has 0 atom stereocenters. The quantitative estimate of drug-likeness (QED) is 0.624. The zero-order valence-corrected chi connectivity index (χ0v) is 11.0. The van der Waals surface area contributed by atoms with Crippen LogP contribution in [0.25, 0.3) is 0 Å². The predicted octanol–water partition coefficient (Wildman–Crippen LogP) is 2.65. The van der Waals surface area contributed by atoms with Crippen molar-refractivity contribution >= 4 is 11.8 Å². The van der Waals surface area contributed by atoms with E-state index >= 15 is 0 Å². The van der Waals surface area contributed by atoms with Gasteiger partial charge in [0.1, 0.15) is 11.8 Å². The molecule has 0 saturated carbocycles. The zero-order valence-electron chi connectivity index (χ0n) is 10.2. The summed E-state index contributed by atoms with van der Waals surface area (Å²) in [6, 6.07) is 7.67. The lowest BCUT2D eigenvalue weighted by molar-refractivity contribution is 0.902. The van der Waals surface area contributed by atoms with Crippen molar-refractivity contribution in [2.24, 2.45) is 0 Å². The van der Waals surface area contributed by atoms with Crippen LogP contribution in [0.15, 0.2) is 29.6 Å². The third-order valence-corrected chi connectivity index (χ3v) is 3.19. The number of rotatable bonds is 3. The molecule has 0 unspecified atom stereocenters. The van der Waals surface area contributed by atoms with Crippen molar-refractivity contribution in [2.45, 2.75) is 24.8 Å². The monoisotopic (exact) mass is 256 g/mol. The van der Waals surface area contributed by atoms with E-state index in [-0.39, 0.29) is 0 Å². The van der Waals surface area contributed by atoms with Crippen LogP contribution in [0, 0.1) is 25.2 Å². The minimum atomic E-state index is 0.439. The molecule has 0 amide bonds. The van der Waals surface area contributed by atoms with Crippen LogP contribution < -0.4 is 0 Å². The van der Waals surface area contributed by atoms with Crippen molar-refractivity contribution in [2.75, 3.05) is 0 Å². The van der Waals surface area contributed by atoms with Crippen molar-refractivity contribution in [1.29, 1.82) is 5.26 Å². The number of aromatic nitrogens is 3. The second-order valence-corrected chi connectivity index (χ2v) is 4.83. The van der Waals surface area contributed by atoms with Gasteiger partial charge in [0, 0.05) is 23.3 Å². The van der Waals surface area contributed by atoms with Crippen molar-refractivity contribution in [1.82, 2.24) is 15.0 Å². The van der Waals surface area contributed by atoms with E-state index in [9.17, 15) is 0 Å². The molecule has 2 aromatic rings. The molecule has 4 nitrogen and oxygen atoms in total. The summed E-state index contributed by atoms with van der Waals surface area (Å²) in [5.74, 6) is 0.736. The maximum atomic E-state index is 8.78. The van der Waals surface area contributed by atoms with Crippen LogP contribution in [0.1, 0.15) is 22.6 Å². The summed E-state index contributed by atoms with van der Waals surface area (Å²) in [4.78, 5) is 12.7. The summed E-state index contributed by atoms with van der Waals surface area (Å²) in [5, 5.41) is 9.54. The minimum absolute atomic E-state index is 0.439. The third kappa shape index (κ3) is 3.28. The van der Waals surface area contributed by atoms with Gasteiger partial charge in [0.15, 0.2) is 5.16 Å². The Hall–Kier alpha value is -1.93. The van der Waals surface area contributed by atoms with Gasteiger partial charge in [-0.25, -0.2) is 15.0 Å². The van der Waals surface area contributed by atoms with E-state index in [0.29, 0.717) is 5.69 Å². The first kappa shape index (κ1) is 12.5. The molecule has 2 aromatic heterocycles. The fourth-order valence-corrected chi connectivity index (χ4v) is 2.42. The lowest BCUT2D eigenvalue weighted by Crippen LogP contribution is -1.93. The van der Waals surface area contributed by atoms with Crippen LogP contribution in [-0.4, -0.2) is 15.0 Å². The molecule has 0 saturated heterocycles. The summed E-state index contributed by atoms with van der Waals surface area (Å²) in [6.45, 7) is 3.91. The molecule has 0 spiro atoms. The molecular formula is C13H12N4S. The summed E-state index contributed by atoms with van der Waals surface area (Å²) in [7, 11) is 0. The van der Waals surface area contributed by atoms with Gasteiger partial charge < -0.3 is 0 Å². The van der Waals surface area contributed by atoms with E-state index in [4.69, 9.17) is 5.26 Å². The molecule has 0 fully saturated rings. The molecule has 0 aliphatic carbocycles. The van der Waals surface area contributed by atoms with Gasteiger partial charge in [0.05, 0.1) is 0 Å². The fraction of sp³-hybridized carbons (Fsp3) is 0.231. The average Bonchev–Trinajstić information content (AvgIpc) is 2.35. The van der Waals surface area contributed by atoms with E-state index < -0.39 is 0 Å². The van der Waals surface area contributed by atoms with E-state index in [1.807, 2.05) is 32.0 Å². The van der Waals surface area contributed by atoms with Gasteiger partial charge in [-0.3, -0.25) is 0 Å². The maximum Gasteiger partial charge on any atom is 0.188 e. The summed E-state index contributed by atoms with van der Waals surface area (Å²) in [6.07, 6.45) is 1.65. The van der Waals surface area contributed by atoms with Crippen molar-refractivity contribution in [3.05, 3.63) is 47.0 Å². The van der Waals surface area contributed by atoms with Gasteiger partial charge >= 0.3 is 0 Å². The largest absolute Gasteiger partial charge is 0.246 e. The Bertz CT molecular complexity index is 584. The van der Waals surface area contributed by atoms with Gasteiger partial charge in [-0.2, -0.15) is 5.26 Å². The van der Waals surface area contributed by atoms with Crippen molar-refractivity contribution in [3.63, 3.8) is 0 Å². The summed E-state index contributed by atoms with van der Waals surface area (Å²) >= 11 is 1.56. The number of aryl methyl sites for hydroxylation is 2. The molecular weight excluding hydrogens is 244 g/mol. The number of pyridine rings is 1. The summed E-state index contributed by atoms with van der Waals surface area (Å²) in [5.41, 5.74) is 3.43. The first-order chi connectivity index (χ1) is 8.67. The molecule has 0 aliphatic heterocycles. The Balaban J connectivity index is 2.09. The predicted molar refractivity (Wildman–Crippen MR) is 70.0 cm³/mol. The topological polar surface area (TPSA) is 62.5 Å². The Kier molecular flexibility index (Phi) is 3.90. The highest BCUT2D eigenvalue weighted by Gasteiger charge is 2.02. The SMILES string of the molecule is Cc1cc(C)nc(SCc2ccnc(C#N)c2)n1. The molecule has 2 rings (SSSR count). The van der Waals surface area contributed by atoms with Gasteiger partial charge in [0.2, 0.25) is 0 Å². The molecule has 18 heavy (non-hydrogen) atoms. The highest BCUT2D eigenvalue weighted by Crippen LogP contribution is 2.19. The third-order valence-electron chi connectivity index (χ3n) is 2.27. The molecule has 90 valence electrons. The molecule has 0 radical (unpaired) electrons. The first-order valence-electron chi connectivity index (χ1n) is 5.47. The Morgan fingerprint density at radius 2 is 1.94 bits per heavy atom. The van der Waals surface area contributed by atoms with E-state index in [0.717, 1.165) is 27.9 Å². The number of nitrogens with zero attached hydrogens (tertiary/aromatic N) is 4. The fourth-order valence-electron chi connectivity index (χ4n) is 1.53. The maximum absolute atomic E-state index is 8.78. The molecule has 2 heterocycles. The Morgan fingerprint density at radius 3 is 2.61 bits per heavy atom. The van der Waals surface area contributed by atoms with Gasteiger partial charge in [-0.15, -0.1) is 0 Å². The van der Waals surface area contributed by atoms with Crippen LogP contribution in [0.3, 0.4) is 0 Å². The van der Waals surface area contributed by atoms with Crippen LogP contribution in [0.2, 0.25) is 0 Å². The number of hydrogen-bond acceptors (Lipinski definition) is 5. The second kappa shape index (κ2) is 5.61. The Morgan fingerprint density at radius 1 is 1.22 bits per heavy atom. The van der Waals surface area contributed by atoms with E-state index in [2.05, 4.69) is 15.0 Å². The normalized spacial score (nSPS) is 10.1. The highest BCUT2D eigenvalue weighted by molar-refractivity contribution is 7.98. The summed E-state index contributed by atoms with van der Waals surface area (Å²) < 4.78 is 0. The number of hydrogen-bond donors (Lipinski definition) is 0. The molecule has 0 bridgehead atoms. The lowest BCUT2D eigenvalue weighted by atomic mass is 10.2. The number of nitriles is 1. The molecule has 0 aromatic carbocycles. The van der Waals surface area contributed by atoms with Crippen LogP contribution in [0.4, 0.5) is 0 Å². The van der Waals surface area contributed by atoms with Crippen LogP contribution >= 0.6 is 11.8 Å². The van der Waals surface area contributed by atoms with Crippen LogP contribution in [-0.2, 0) is 5.75 Å². The van der Waals surface area contributed by atoms with Crippen molar-refractivity contribution in [3.8, 4) is 6.07 Å². The lowest BCUT2D eigenvalue weighted by Gasteiger charge is -2.03. The van der Waals surface area contributed by atoms with E-state index in [1.54, 1.807) is 24.0 Å². The second-order valence-electron chi connectivity index (χ2n) is 3.88. The first-order valence-corrected chi connectivity index (χ1v) is 6.46. The smallest absolute Gasteiger partial charge is 0.188 e. The van der Waals surface area contributed by atoms with Crippen molar-refractivity contribution < 1.29 is 0 Å². The number of thioether (sulfide) groups is 1. The molecule has 0 aliphatic rings. The Labute approximate surface area is 110 Å². The van der Waals surface area contributed by atoms with Gasteiger partial charge in [-0.05, 0) is 37.6 Å². The minimum Gasteiger partial charge on any atom is -0.246 e. The zero-order chi connectivity index (χ0) is 13.0. The standard InChI is InChI=1S/C13H12N4S/c1-9-5-10(2)17-13(16-9)18-8-11-3-4-15-12(6-11)7-14/h3-6H,8H2,1-2H3. The van der Waals surface area contributed by atoms with Crippen LogP contribution in [0.5, 0.6) is 0 Å². The molecule has 0 N–H and O–H groups in total.